The number of methoxy groups -OCH3 is 1. The van der Waals surface area contributed by atoms with E-state index in [2.05, 4.69) is 49.3 Å². The summed E-state index contributed by atoms with van der Waals surface area (Å²) in [5.41, 5.74) is 1.63. The highest BCUT2D eigenvalue weighted by Crippen LogP contribution is 2.67. The van der Waals surface area contributed by atoms with Gasteiger partial charge >= 0.3 is 0 Å². The zero-order valence-corrected chi connectivity index (χ0v) is 15.3. The second-order valence-corrected chi connectivity index (χ2v) is 9.77. The molecule has 2 aliphatic carbocycles. The molecule has 1 unspecified atom stereocenters. The van der Waals surface area contributed by atoms with Crippen molar-refractivity contribution in [1.82, 2.24) is 4.31 Å². The summed E-state index contributed by atoms with van der Waals surface area (Å²) in [6.45, 7) is 7.96. The van der Waals surface area contributed by atoms with Crippen molar-refractivity contribution in [2.45, 2.75) is 51.0 Å². The normalized spacial score (nSPS) is 45.1. The Balaban J connectivity index is 1.58. The Bertz CT molecular complexity index is 632. The van der Waals surface area contributed by atoms with E-state index < -0.39 is 11.0 Å². The van der Waals surface area contributed by atoms with Gasteiger partial charge in [-0.1, -0.05) is 51.1 Å². The second-order valence-electron chi connectivity index (χ2n) is 8.21. The third kappa shape index (κ3) is 2.04. The van der Waals surface area contributed by atoms with Crippen LogP contribution in [0.25, 0.3) is 0 Å². The van der Waals surface area contributed by atoms with Gasteiger partial charge in [-0.2, -0.15) is 0 Å². The molecule has 3 fully saturated rings. The van der Waals surface area contributed by atoms with Gasteiger partial charge in [-0.3, -0.25) is 0 Å². The van der Waals surface area contributed by atoms with E-state index >= 15 is 0 Å². The fourth-order valence-corrected chi connectivity index (χ4v) is 7.64. The van der Waals surface area contributed by atoms with Crippen molar-refractivity contribution >= 4 is 11.0 Å². The van der Waals surface area contributed by atoms with E-state index in [0.717, 1.165) is 6.54 Å². The summed E-state index contributed by atoms with van der Waals surface area (Å²) in [6.07, 6.45) is 2.48. The number of rotatable bonds is 4. The maximum atomic E-state index is 13.3. The molecule has 2 saturated carbocycles. The van der Waals surface area contributed by atoms with E-state index in [9.17, 15) is 4.21 Å². The molecule has 0 N–H and O–H groups in total. The third-order valence-corrected chi connectivity index (χ3v) is 9.07. The van der Waals surface area contributed by atoms with E-state index in [1.807, 2.05) is 6.07 Å². The lowest BCUT2D eigenvalue weighted by molar-refractivity contribution is -0.0183. The molecule has 3 nitrogen and oxygen atoms in total. The number of nitrogens with zero attached hydrogens (tertiary/aromatic N) is 1. The Morgan fingerprint density at radius 2 is 1.91 bits per heavy atom. The molecule has 126 valence electrons. The van der Waals surface area contributed by atoms with Gasteiger partial charge < -0.3 is 4.74 Å². The third-order valence-electron chi connectivity index (χ3n) is 7.17. The molecular weight excluding hydrogens is 306 g/mol. The lowest BCUT2D eigenvalue weighted by Crippen LogP contribution is -2.44. The SMILES string of the molecule is CO[C@@H]1[C@H]([S@@](=O)N2C[C@@H]2c2ccccc2)[C@H]2CC[C@]1(C)C2(C)C. The number of benzene rings is 1. The van der Waals surface area contributed by atoms with Gasteiger partial charge in [0.25, 0.3) is 0 Å². The predicted molar refractivity (Wildman–Crippen MR) is 93.2 cm³/mol. The highest BCUT2D eigenvalue weighted by Gasteiger charge is 2.69. The minimum Gasteiger partial charge on any atom is -0.380 e. The van der Waals surface area contributed by atoms with Crippen LogP contribution in [0.4, 0.5) is 0 Å². The fraction of sp³-hybridized carbons (Fsp3) is 0.684. The van der Waals surface area contributed by atoms with Crippen molar-refractivity contribution in [1.29, 1.82) is 0 Å². The van der Waals surface area contributed by atoms with Crippen LogP contribution in [-0.4, -0.2) is 33.5 Å². The van der Waals surface area contributed by atoms with Gasteiger partial charge in [0.05, 0.1) is 17.4 Å². The first kappa shape index (κ1) is 15.8. The molecule has 0 radical (unpaired) electrons. The van der Waals surface area contributed by atoms with Gasteiger partial charge in [0, 0.05) is 19.1 Å². The van der Waals surface area contributed by atoms with Crippen molar-refractivity contribution in [3.8, 4) is 0 Å². The Kier molecular flexibility index (Phi) is 3.53. The molecule has 1 heterocycles. The molecule has 1 saturated heterocycles. The van der Waals surface area contributed by atoms with E-state index in [1.54, 1.807) is 7.11 Å². The van der Waals surface area contributed by atoms with Crippen LogP contribution in [0.3, 0.4) is 0 Å². The molecule has 23 heavy (non-hydrogen) atoms. The Morgan fingerprint density at radius 3 is 2.57 bits per heavy atom. The van der Waals surface area contributed by atoms with Crippen molar-refractivity contribution in [3.05, 3.63) is 35.9 Å². The summed E-state index contributed by atoms with van der Waals surface area (Å²) < 4.78 is 21.4. The van der Waals surface area contributed by atoms with Crippen LogP contribution in [0.1, 0.15) is 45.2 Å². The molecule has 4 rings (SSSR count). The molecule has 2 bridgehead atoms. The molecule has 0 amide bonds. The lowest BCUT2D eigenvalue weighted by Gasteiger charge is -2.39. The Hall–Kier alpha value is -0.710. The zero-order chi connectivity index (χ0) is 16.4. The first-order chi connectivity index (χ1) is 10.9. The number of ether oxygens (including phenoxy) is 1. The topological polar surface area (TPSA) is 29.3 Å². The molecule has 0 spiro atoms. The standard InChI is InChI=1S/C19H27NO2S/c1-18(2)14-10-11-19(18,3)17(22-4)16(14)23(21)20-12-15(20)13-8-6-5-7-9-13/h5-9,14-17H,10-12H2,1-4H3/t14-,15-,16-,17-,19+,20?,23-/m1/s1. The Morgan fingerprint density at radius 1 is 1.22 bits per heavy atom. The van der Waals surface area contributed by atoms with E-state index in [1.165, 1.54) is 18.4 Å². The molecular formula is C19H27NO2S. The summed E-state index contributed by atoms with van der Waals surface area (Å²) in [5.74, 6) is 0.496. The van der Waals surface area contributed by atoms with Crippen molar-refractivity contribution < 1.29 is 8.95 Å². The molecule has 1 aromatic rings. The molecule has 1 aromatic carbocycles. The van der Waals surface area contributed by atoms with Crippen LogP contribution < -0.4 is 0 Å². The number of hydrogen-bond acceptors (Lipinski definition) is 2. The number of hydrogen-bond donors (Lipinski definition) is 0. The fourth-order valence-electron chi connectivity index (χ4n) is 5.29. The summed E-state index contributed by atoms with van der Waals surface area (Å²) in [4.78, 5) is 0. The summed E-state index contributed by atoms with van der Waals surface area (Å²) >= 11 is 0. The van der Waals surface area contributed by atoms with Crippen molar-refractivity contribution in [2.75, 3.05) is 13.7 Å². The van der Waals surface area contributed by atoms with Crippen LogP contribution in [0, 0.1) is 16.7 Å². The first-order valence-corrected chi connectivity index (χ1v) is 9.84. The lowest BCUT2D eigenvalue weighted by atomic mass is 9.70. The molecule has 4 heteroatoms. The van der Waals surface area contributed by atoms with E-state index in [-0.39, 0.29) is 22.2 Å². The monoisotopic (exact) mass is 333 g/mol. The highest BCUT2D eigenvalue weighted by molar-refractivity contribution is 7.83. The molecule has 3 aliphatic rings. The minimum atomic E-state index is -0.960. The second kappa shape index (κ2) is 5.14. The smallest absolute Gasteiger partial charge is 0.101 e. The average Bonchev–Trinajstić information content (AvgIpc) is 3.28. The van der Waals surface area contributed by atoms with Gasteiger partial charge in [0.15, 0.2) is 0 Å². The van der Waals surface area contributed by atoms with Gasteiger partial charge in [0.2, 0.25) is 0 Å². The van der Waals surface area contributed by atoms with Gasteiger partial charge in [-0.25, -0.2) is 8.51 Å². The van der Waals surface area contributed by atoms with E-state index in [0.29, 0.717) is 12.0 Å². The minimum absolute atomic E-state index is 0.106. The Labute approximate surface area is 142 Å². The summed E-state index contributed by atoms with van der Waals surface area (Å²) in [5, 5.41) is 0.141. The molecule has 1 aliphatic heterocycles. The highest BCUT2D eigenvalue weighted by atomic mass is 32.2. The zero-order valence-electron chi connectivity index (χ0n) is 14.5. The summed E-state index contributed by atoms with van der Waals surface area (Å²) in [6, 6.07) is 10.8. The summed E-state index contributed by atoms with van der Waals surface area (Å²) in [7, 11) is 0.839. The van der Waals surface area contributed by atoms with Crippen molar-refractivity contribution in [3.63, 3.8) is 0 Å². The van der Waals surface area contributed by atoms with Crippen LogP contribution in [0.15, 0.2) is 30.3 Å². The maximum Gasteiger partial charge on any atom is 0.101 e. The quantitative estimate of drug-likeness (QED) is 0.789. The van der Waals surface area contributed by atoms with Gasteiger partial charge in [-0.15, -0.1) is 0 Å². The van der Waals surface area contributed by atoms with Gasteiger partial charge in [-0.05, 0) is 29.7 Å². The predicted octanol–water partition coefficient (Wildman–Crippen LogP) is 3.55. The number of fused-ring (bicyclic) bond motifs is 2. The van der Waals surface area contributed by atoms with Gasteiger partial charge in [0.1, 0.15) is 11.0 Å². The average molecular weight is 333 g/mol. The molecule has 7 atom stereocenters. The van der Waals surface area contributed by atoms with Crippen LogP contribution >= 0.6 is 0 Å². The molecule has 0 aromatic heterocycles. The van der Waals surface area contributed by atoms with E-state index in [4.69, 9.17) is 4.74 Å². The van der Waals surface area contributed by atoms with Crippen molar-refractivity contribution in [2.24, 2.45) is 16.7 Å². The first-order valence-electron chi connectivity index (χ1n) is 8.67. The van der Waals surface area contributed by atoms with Crippen LogP contribution in [0.2, 0.25) is 0 Å². The van der Waals surface area contributed by atoms with Crippen LogP contribution in [0.5, 0.6) is 0 Å². The maximum absolute atomic E-state index is 13.3. The largest absolute Gasteiger partial charge is 0.380 e. The van der Waals surface area contributed by atoms with Crippen LogP contribution in [-0.2, 0) is 15.7 Å².